The SMILES string of the molecule is CCCCCCCCOc1ccc(C(NC(=O)c2ccccc2)NC(=O)c2ccccc2)cc1OC. The van der Waals surface area contributed by atoms with Crippen LogP contribution in [0.1, 0.15) is 77.9 Å². The summed E-state index contributed by atoms with van der Waals surface area (Å²) in [5, 5.41) is 5.86. The van der Waals surface area contributed by atoms with E-state index in [0.29, 0.717) is 34.8 Å². The summed E-state index contributed by atoms with van der Waals surface area (Å²) in [6.07, 6.45) is 6.34. The van der Waals surface area contributed by atoms with E-state index in [1.54, 1.807) is 61.7 Å². The number of unbranched alkanes of at least 4 members (excludes halogenated alkanes) is 5. The fourth-order valence-corrected chi connectivity index (χ4v) is 3.86. The van der Waals surface area contributed by atoms with Crippen LogP contribution in [0.3, 0.4) is 0 Å². The van der Waals surface area contributed by atoms with E-state index < -0.39 is 6.17 Å². The number of amides is 2. The molecular formula is C30H36N2O4. The van der Waals surface area contributed by atoms with Gasteiger partial charge in [0, 0.05) is 11.1 Å². The molecule has 0 heterocycles. The average molecular weight is 489 g/mol. The highest BCUT2D eigenvalue weighted by atomic mass is 16.5. The van der Waals surface area contributed by atoms with Crippen molar-refractivity contribution >= 4 is 11.8 Å². The van der Waals surface area contributed by atoms with Gasteiger partial charge in [0.1, 0.15) is 6.17 Å². The van der Waals surface area contributed by atoms with Gasteiger partial charge in [-0.05, 0) is 48.4 Å². The Labute approximate surface area is 214 Å². The molecular weight excluding hydrogens is 452 g/mol. The molecule has 3 rings (SSSR count). The predicted octanol–water partition coefficient (Wildman–Crippen LogP) is 6.29. The van der Waals surface area contributed by atoms with Crippen LogP contribution < -0.4 is 20.1 Å². The number of nitrogens with one attached hydrogen (secondary N) is 2. The number of methoxy groups -OCH3 is 1. The summed E-state index contributed by atoms with van der Waals surface area (Å²) in [6.45, 7) is 2.82. The van der Waals surface area contributed by atoms with Crippen molar-refractivity contribution in [3.8, 4) is 11.5 Å². The van der Waals surface area contributed by atoms with E-state index in [1.807, 2.05) is 24.3 Å². The lowest BCUT2D eigenvalue weighted by Gasteiger charge is -2.22. The summed E-state index contributed by atoms with van der Waals surface area (Å²) in [4.78, 5) is 25.8. The molecule has 0 spiro atoms. The molecule has 0 unspecified atom stereocenters. The van der Waals surface area contributed by atoms with Gasteiger partial charge in [0.15, 0.2) is 11.5 Å². The summed E-state index contributed by atoms with van der Waals surface area (Å²) in [5.74, 6) is 0.594. The molecule has 0 aliphatic rings. The lowest BCUT2D eigenvalue weighted by atomic mass is 10.1. The van der Waals surface area contributed by atoms with Crippen molar-refractivity contribution in [3.05, 3.63) is 95.6 Å². The first-order valence-corrected chi connectivity index (χ1v) is 12.6. The van der Waals surface area contributed by atoms with E-state index in [2.05, 4.69) is 17.6 Å². The van der Waals surface area contributed by atoms with Crippen LogP contribution in [0.25, 0.3) is 0 Å². The monoisotopic (exact) mass is 488 g/mol. The van der Waals surface area contributed by atoms with Crippen LogP contribution in [0.2, 0.25) is 0 Å². The molecule has 0 aliphatic carbocycles. The van der Waals surface area contributed by atoms with Gasteiger partial charge in [0.05, 0.1) is 13.7 Å². The number of ether oxygens (including phenoxy) is 2. The first-order valence-electron chi connectivity index (χ1n) is 12.6. The molecule has 6 heteroatoms. The van der Waals surface area contributed by atoms with Crippen molar-refractivity contribution in [1.82, 2.24) is 10.6 Å². The van der Waals surface area contributed by atoms with Crippen molar-refractivity contribution in [1.29, 1.82) is 0 Å². The topological polar surface area (TPSA) is 76.7 Å². The summed E-state index contributed by atoms with van der Waals surface area (Å²) in [7, 11) is 1.58. The van der Waals surface area contributed by atoms with Crippen LogP contribution in [-0.2, 0) is 0 Å². The molecule has 2 amide bonds. The quantitative estimate of drug-likeness (QED) is 0.206. The Morgan fingerprint density at radius 2 is 1.28 bits per heavy atom. The Bertz CT molecular complexity index is 1030. The third kappa shape index (κ3) is 8.15. The number of rotatable bonds is 14. The Hall–Kier alpha value is -3.80. The van der Waals surface area contributed by atoms with E-state index in [4.69, 9.17) is 9.47 Å². The number of carbonyl (C=O) groups excluding carboxylic acids is 2. The van der Waals surface area contributed by atoms with Gasteiger partial charge < -0.3 is 20.1 Å². The van der Waals surface area contributed by atoms with Gasteiger partial charge in [0.2, 0.25) is 0 Å². The number of hydrogen-bond acceptors (Lipinski definition) is 4. The summed E-state index contributed by atoms with van der Waals surface area (Å²) in [5.41, 5.74) is 1.68. The first-order chi connectivity index (χ1) is 17.6. The second-order valence-corrected chi connectivity index (χ2v) is 8.64. The molecule has 2 N–H and O–H groups in total. The second-order valence-electron chi connectivity index (χ2n) is 8.64. The molecule has 190 valence electrons. The molecule has 0 aliphatic heterocycles. The largest absolute Gasteiger partial charge is 0.493 e. The average Bonchev–Trinajstić information content (AvgIpc) is 2.93. The molecule has 0 saturated heterocycles. The maximum absolute atomic E-state index is 12.9. The standard InChI is InChI=1S/C30H36N2O4/c1-3-4-5-6-7-14-21-36-26-20-19-25(22-27(26)35-2)28(31-29(33)23-15-10-8-11-16-23)32-30(34)24-17-12-9-13-18-24/h8-13,15-20,22,28H,3-7,14,21H2,1-2H3,(H,31,33)(H,32,34). The van der Waals surface area contributed by atoms with Crippen molar-refractivity contribution in [3.63, 3.8) is 0 Å². The van der Waals surface area contributed by atoms with Gasteiger partial charge >= 0.3 is 0 Å². The van der Waals surface area contributed by atoms with Crippen molar-refractivity contribution < 1.29 is 19.1 Å². The highest BCUT2D eigenvalue weighted by Gasteiger charge is 2.20. The third-order valence-corrected chi connectivity index (χ3v) is 5.90. The summed E-state index contributed by atoms with van der Waals surface area (Å²) < 4.78 is 11.5. The molecule has 0 fully saturated rings. The Morgan fingerprint density at radius 3 is 1.83 bits per heavy atom. The maximum atomic E-state index is 12.9. The number of carbonyl (C=O) groups is 2. The maximum Gasteiger partial charge on any atom is 0.253 e. The Morgan fingerprint density at radius 1 is 0.722 bits per heavy atom. The van der Waals surface area contributed by atoms with Crippen molar-refractivity contribution in [2.24, 2.45) is 0 Å². The summed E-state index contributed by atoms with van der Waals surface area (Å²) in [6, 6.07) is 23.2. The first kappa shape index (κ1) is 26.8. The molecule has 0 bridgehead atoms. The predicted molar refractivity (Wildman–Crippen MR) is 142 cm³/mol. The van der Waals surface area contributed by atoms with Gasteiger partial charge in [-0.15, -0.1) is 0 Å². The molecule has 3 aromatic carbocycles. The zero-order valence-corrected chi connectivity index (χ0v) is 21.2. The molecule has 0 radical (unpaired) electrons. The van der Waals surface area contributed by atoms with E-state index in [0.717, 1.165) is 12.8 Å². The van der Waals surface area contributed by atoms with Gasteiger partial charge in [0.25, 0.3) is 11.8 Å². The third-order valence-electron chi connectivity index (χ3n) is 5.90. The fraction of sp³-hybridized carbons (Fsp3) is 0.333. The van der Waals surface area contributed by atoms with E-state index in [9.17, 15) is 9.59 Å². The molecule has 0 aromatic heterocycles. The highest BCUT2D eigenvalue weighted by molar-refractivity contribution is 5.96. The van der Waals surface area contributed by atoms with Crippen LogP contribution in [0.4, 0.5) is 0 Å². The highest BCUT2D eigenvalue weighted by Crippen LogP contribution is 2.30. The van der Waals surface area contributed by atoms with Gasteiger partial charge in [-0.25, -0.2) is 0 Å². The lowest BCUT2D eigenvalue weighted by Crippen LogP contribution is -2.41. The van der Waals surface area contributed by atoms with E-state index in [-0.39, 0.29) is 11.8 Å². The fourth-order valence-electron chi connectivity index (χ4n) is 3.86. The zero-order valence-electron chi connectivity index (χ0n) is 21.2. The molecule has 3 aromatic rings. The van der Waals surface area contributed by atoms with Crippen molar-refractivity contribution in [2.75, 3.05) is 13.7 Å². The van der Waals surface area contributed by atoms with Crippen LogP contribution >= 0.6 is 0 Å². The minimum atomic E-state index is -0.771. The number of benzene rings is 3. The van der Waals surface area contributed by atoms with Crippen LogP contribution in [0.5, 0.6) is 11.5 Å². The van der Waals surface area contributed by atoms with Crippen LogP contribution in [0.15, 0.2) is 78.9 Å². The van der Waals surface area contributed by atoms with E-state index in [1.165, 1.54) is 25.7 Å². The second kappa shape index (κ2) is 14.6. The smallest absolute Gasteiger partial charge is 0.253 e. The zero-order chi connectivity index (χ0) is 25.6. The van der Waals surface area contributed by atoms with Gasteiger partial charge in [-0.1, -0.05) is 81.5 Å². The van der Waals surface area contributed by atoms with Crippen LogP contribution in [-0.4, -0.2) is 25.5 Å². The summed E-state index contributed by atoms with van der Waals surface area (Å²) >= 11 is 0. The lowest BCUT2D eigenvalue weighted by molar-refractivity contribution is 0.0883. The molecule has 6 nitrogen and oxygen atoms in total. The van der Waals surface area contributed by atoms with Gasteiger partial charge in [-0.2, -0.15) is 0 Å². The van der Waals surface area contributed by atoms with E-state index >= 15 is 0 Å². The Balaban J connectivity index is 1.73. The van der Waals surface area contributed by atoms with Crippen molar-refractivity contribution in [2.45, 2.75) is 51.6 Å². The molecule has 0 saturated carbocycles. The minimum absolute atomic E-state index is 0.295. The normalized spacial score (nSPS) is 10.6. The Kier molecular flexibility index (Phi) is 10.8. The van der Waals surface area contributed by atoms with Crippen LogP contribution in [0, 0.1) is 0 Å². The molecule has 36 heavy (non-hydrogen) atoms. The number of hydrogen-bond donors (Lipinski definition) is 2. The molecule has 0 atom stereocenters. The minimum Gasteiger partial charge on any atom is -0.493 e. The van der Waals surface area contributed by atoms with Gasteiger partial charge in [-0.3, -0.25) is 9.59 Å².